The van der Waals surface area contributed by atoms with Crippen LogP contribution in [0.25, 0.3) is 0 Å². The Kier molecular flexibility index (Phi) is 3.51. The smallest absolute Gasteiger partial charge is 0.0945 e. The van der Waals surface area contributed by atoms with Crippen molar-refractivity contribution in [3.05, 3.63) is 18.7 Å². The van der Waals surface area contributed by atoms with E-state index in [4.69, 9.17) is 0 Å². The van der Waals surface area contributed by atoms with Crippen LogP contribution in [-0.2, 0) is 6.54 Å². The van der Waals surface area contributed by atoms with E-state index in [0.717, 1.165) is 17.7 Å². The van der Waals surface area contributed by atoms with Crippen LogP contribution in [0.4, 0.5) is 0 Å². The lowest BCUT2D eigenvalue weighted by Crippen LogP contribution is -2.23. The van der Waals surface area contributed by atoms with Gasteiger partial charge in [-0.25, -0.2) is 4.98 Å². The van der Waals surface area contributed by atoms with E-state index in [1.165, 1.54) is 25.0 Å². The first-order chi connectivity index (χ1) is 6.86. The zero-order chi connectivity index (χ0) is 9.80. The second-order valence-corrected chi connectivity index (χ2v) is 5.47. The van der Waals surface area contributed by atoms with Crippen LogP contribution < -0.4 is 0 Å². The maximum absolute atomic E-state index is 4.04. The van der Waals surface area contributed by atoms with Gasteiger partial charge in [-0.05, 0) is 30.9 Å². The average molecular weight is 210 g/mol. The fourth-order valence-electron chi connectivity index (χ4n) is 1.90. The molecule has 0 aliphatic carbocycles. The van der Waals surface area contributed by atoms with Crippen LogP contribution in [-0.4, -0.2) is 20.6 Å². The summed E-state index contributed by atoms with van der Waals surface area (Å²) in [6.07, 6.45) is 9.89. The van der Waals surface area contributed by atoms with E-state index in [2.05, 4.69) is 28.2 Å². The summed E-state index contributed by atoms with van der Waals surface area (Å²) in [5.74, 6) is 2.29. The molecule has 3 heteroatoms. The first-order valence-corrected chi connectivity index (χ1v) is 6.48. The van der Waals surface area contributed by atoms with Crippen molar-refractivity contribution in [3.63, 3.8) is 0 Å². The predicted octanol–water partition coefficient (Wildman–Crippen LogP) is 2.80. The second kappa shape index (κ2) is 4.87. The summed E-state index contributed by atoms with van der Waals surface area (Å²) < 4.78 is 2.17. The molecule has 1 aromatic rings. The molecule has 0 radical (unpaired) electrons. The third-order valence-electron chi connectivity index (χ3n) is 3.00. The third-order valence-corrected chi connectivity index (χ3v) is 4.60. The number of hydrogen-bond acceptors (Lipinski definition) is 2. The van der Waals surface area contributed by atoms with Crippen molar-refractivity contribution in [2.75, 3.05) is 5.75 Å². The van der Waals surface area contributed by atoms with Crippen LogP contribution in [0.1, 0.15) is 26.2 Å². The van der Waals surface area contributed by atoms with Crippen molar-refractivity contribution in [1.29, 1.82) is 0 Å². The van der Waals surface area contributed by atoms with Gasteiger partial charge in [-0.1, -0.05) is 6.92 Å². The van der Waals surface area contributed by atoms with Crippen LogP contribution in [0.15, 0.2) is 18.7 Å². The molecule has 0 amide bonds. The lowest BCUT2D eigenvalue weighted by atomic mass is 9.99. The summed E-state index contributed by atoms with van der Waals surface area (Å²) in [5.41, 5.74) is 0. The van der Waals surface area contributed by atoms with Gasteiger partial charge in [0.15, 0.2) is 0 Å². The monoisotopic (exact) mass is 210 g/mol. The third kappa shape index (κ3) is 2.53. The molecule has 0 aromatic carbocycles. The Morgan fingerprint density at radius 3 is 3.07 bits per heavy atom. The maximum Gasteiger partial charge on any atom is 0.0945 e. The van der Waals surface area contributed by atoms with Crippen molar-refractivity contribution in [1.82, 2.24) is 9.55 Å². The van der Waals surface area contributed by atoms with E-state index in [1.807, 2.05) is 18.7 Å². The summed E-state index contributed by atoms with van der Waals surface area (Å²) in [7, 11) is 0. The Bertz CT molecular complexity index is 254. The van der Waals surface area contributed by atoms with E-state index in [1.54, 1.807) is 0 Å². The molecule has 2 atom stereocenters. The molecule has 2 rings (SSSR count). The van der Waals surface area contributed by atoms with Gasteiger partial charge in [0.2, 0.25) is 0 Å². The minimum atomic E-state index is 0.900. The Morgan fingerprint density at radius 1 is 1.64 bits per heavy atom. The number of rotatable bonds is 5. The standard InChI is InChI=1S/C11H18N2S/c1-10(11-4-8-14-11)3-2-6-13-7-5-12-9-13/h5,7,9-11H,2-4,6,8H2,1H3. The molecule has 1 saturated heterocycles. The highest BCUT2D eigenvalue weighted by atomic mass is 32.2. The van der Waals surface area contributed by atoms with Crippen LogP contribution in [0.5, 0.6) is 0 Å². The summed E-state index contributed by atoms with van der Waals surface area (Å²) in [6.45, 7) is 3.52. The molecular formula is C11H18N2S. The van der Waals surface area contributed by atoms with Gasteiger partial charge < -0.3 is 4.57 Å². The number of imidazole rings is 1. The Morgan fingerprint density at radius 2 is 2.50 bits per heavy atom. The quantitative estimate of drug-likeness (QED) is 0.743. The van der Waals surface area contributed by atoms with Crippen molar-refractivity contribution in [2.24, 2.45) is 5.92 Å². The first-order valence-electron chi connectivity index (χ1n) is 5.43. The van der Waals surface area contributed by atoms with Crippen LogP contribution in [0.2, 0.25) is 0 Å². The molecule has 0 saturated carbocycles. The lowest BCUT2D eigenvalue weighted by molar-refractivity contribution is 0.449. The molecule has 2 nitrogen and oxygen atoms in total. The predicted molar refractivity (Wildman–Crippen MR) is 61.5 cm³/mol. The fraction of sp³-hybridized carbons (Fsp3) is 0.727. The SMILES string of the molecule is CC(CCCn1ccnc1)C1CCS1. The first kappa shape index (κ1) is 10.1. The van der Waals surface area contributed by atoms with E-state index in [0.29, 0.717) is 0 Å². The highest BCUT2D eigenvalue weighted by Gasteiger charge is 2.23. The van der Waals surface area contributed by atoms with Crippen molar-refractivity contribution in [3.8, 4) is 0 Å². The minimum absolute atomic E-state index is 0.900. The molecule has 14 heavy (non-hydrogen) atoms. The molecule has 1 fully saturated rings. The second-order valence-electron chi connectivity index (χ2n) is 4.12. The number of aromatic nitrogens is 2. The van der Waals surface area contributed by atoms with Gasteiger partial charge in [0.05, 0.1) is 6.33 Å². The fourth-order valence-corrected chi connectivity index (χ4v) is 2.88. The maximum atomic E-state index is 4.04. The number of aryl methyl sites for hydroxylation is 1. The molecule has 78 valence electrons. The summed E-state index contributed by atoms with van der Waals surface area (Å²) >= 11 is 2.14. The van der Waals surface area contributed by atoms with E-state index in [-0.39, 0.29) is 0 Å². The molecule has 0 N–H and O–H groups in total. The average Bonchev–Trinajstić information content (AvgIpc) is 2.53. The largest absolute Gasteiger partial charge is 0.337 e. The number of thioether (sulfide) groups is 1. The topological polar surface area (TPSA) is 17.8 Å². The van der Waals surface area contributed by atoms with Gasteiger partial charge in [-0.15, -0.1) is 0 Å². The Balaban J connectivity index is 1.62. The van der Waals surface area contributed by atoms with Crippen LogP contribution >= 0.6 is 11.8 Å². The highest BCUT2D eigenvalue weighted by molar-refractivity contribution is 8.01. The van der Waals surface area contributed by atoms with Crippen molar-refractivity contribution >= 4 is 11.8 Å². The normalized spacial score (nSPS) is 23.1. The molecule has 2 unspecified atom stereocenters. The molecule has 1 aliphatic heterocycles. The van der Waals surface area contributed by atoms with Crippen LogP contribution in [0, 0.1) is 5.92 Å². The van der Waals surface area contributed by atoms with Crippen molar-refractivity contribution in [2.45, 2.75) is 38.0 Å². The molecule has 1 aromatic heterocycles. The van der Waals surface area contributed by atoms with Gasteiger partial charge in [-0.2, -0.15) is 11.8 Å². The van der Waals surface area contributed by atoms with Crippen molar-refractivity contribution < 1.29 is 0 Å². The Labute approximate surface area is 90.1 Å². The summed E-state index contributed by atoms with van der Waals surface area (Å²) in [5, 5.41) is 0.956. The zero-order valence-electron chi connectivity index (χ0n) is 8.72. The summed E-state index contributed by atoms with van der Waals surface area (Å²) in [6, 6.07) is 0. The van der Waals surface area contributed by atoms with E-state index < -0.39 is 0 Å². The lowest BCUT2D eigenvalue weighted by Gasteiger charge is -2.30. The molecule has 0 bridgehead atoms. The van der Waals surface area contributed by atoms with E-state index >= 15 is 0 Å². The molecular weight excluding hydrogens is 192 g/mol. The Hall–Kier alpha value is -0.440. The van der Waals surface area contributed by atoms with Gasteiger partial charge in [-0.3, -0.25) is 0 Å². The van der Waals surface area contributed by atoms with Gasteiger partial charge in [0.25, 0.3) is 0 Å². The van der Waals surface area contributed by atoms with Gasteiger partial charge in [0, 0.05) is 24.2 Å². The highest BCUT2D eigenvalue weighted by Crippen LogP contribution is 2.35. The number of hydrogen-bond donors (Lipinski definition) is 0. The van der Waals surface area contributed by atoms with Gasteiger partial charge >= 0.3 is 0 Å². The minimum Gasteiger partial charge on any atom is -0.337 e. The molecule has 1 aliphatic rings. The van der Waals surface area contributed by atoms with Crippen LogP contribution in [0.3, 0.4) is 0 Å². The van der Waals surface area contributed by atoms with Gasteiger partial charge in [0.1, 0.15) is 0 Å². The molecule has 0 spiro atoms. The van der Waals surface area contributed by atoms with E-state index in [9.17, 15) is 0 Å². The zero-order valence-corrected chi connectivity index (χ0v) is 9.54. The summed E-state index contributed by atoms with van der Waals surface area (Å²) in [4.78, 5) is 4.04. The molecule has 2 heterocycles. The number of nitrogens with zero attached hydrogens (tertiary/aromatic N) is 2.